The Bertz CT molecular complexity index is 610. The van der Waals surface area contributed by atoms with Crippen molar-refractivity contribution in [1.82, 2.24) is 9.80 Å². The van der Waals surface area contributed by atoms with E-state index in [2.05, 4.69) is 9.80 Å². The minimum Gasteiger partial charge on any atom is -0.506 e. The number of phenolic OH excluding ortho intramolecular Hbond substituents is 1. The smallest absolute Gasteiger partial charge is 0.311 e. The predicted octanol–water partition coefficient (Wildman–Crippen LogP) is 2.42. The Morgan fingerprint density at radius 2 is 2.17 bits per heavy atom. The van der Waals surface area contributed by atoms with Gasteiger partial charge in [0.25, 0.3) is 0 Å². The molecule has 0 unspecified atom stereocenters. The number of carbonyl (C=O) groups is 1. The van der Waals surface area contributed by atoms with E-state index >= 15 is 0 Å². The lowest BCUT2D eigenvalue weighted by atomic mass is 9.68. The van der Waals surface area contributed by atoms with E-state index in [9.17, 15) is 15.0 Å². The van der Waals surface area contributed by atoms with E-state index in [4.69, 9.17) is 11.6 Å². The van der Waals surface area contributed by atoms with Gasteiger partial charge in [-0.15, -0.1) is 0 Å². The molecule has 0 aromatic heterocycles. The summed E-state index contributed by atoms with van der Waals surface area (Å²) in [5, 5.41) is 19.9. The number of halogens is 1. The highest BCUT2D eigenvalue weighted by Gasteiger charge is 2.52. The molecule has 2 N–H and O–H groups in total. The van der Waals surface area contributed by atoms with Crippen LogP contribution < -0.4 is 0 Å². The molecule has 2 aliphatic rings. The highest BCUT2D eigenvalue weighted by atomic mass is 35.5. The lowest BCUT2D eigenvalue weighted by molar-refractivity contribution is -0.162. The van der Waals surface area contributed by atoms with Gasteiger partial charge in [0.1, 0.15) is 5.75 Å². The molecule has 0 amide bonds. The number of aliphatic carboxylic acids is 1. The van der Waals surface area contributed by atoms with Gasteiger partial charge in [0.05, 0.1) is 10.4 Å². The van der Waals surface area contributed by atoms with E-state index in [1.54, 1.807) is 12.1 Å². The highest BCUT2D eigenvalue weighted by molar-refractivity contribution is 6.32. The van der Waals surface area contributed by atoms with Crippen LogP contribution in [0.15, 0.2) is 18.2 Å². The topological polar surface area (TPSA) is 64.0 Å². The maximum absolute atomic E-state index is 11.9. The fourth-order valence-corrected chi connectivity index (χ4v) is 4.30. The second-order valence-corrected chi connectivity index (χ2v) is 7.17. The molecule has 126 valence electrons. The molecule has 0 aliphatic carbocycles. The van der Waals surface area contributed by atoms with Crippen molar-refractivity contribution in [3.8, 4) is 5.75 Å². The van der Waals surface area contributed by atoms with Crippen molar-refractivity contribution in [3.05, 3.63) is 28.8 Å². The number of carboxylic acid groups (broad SMARTS) is 1. The second kappa shape index (κ2) is 6.30. The number of likely N-dealkylation sites (tertiary alicyclic amines) is 2. The van der Waals surface area contributed by atoms with Crippen LogP contribution in [0.4, 0.5) is 0 Å². The lowest BCUT2D eigenvalue weighted by Crippen LogP contribution is -2.62. The molecular formula is C17H23ClN2O3. The van der Waals surface area contributed by atoms with Crippen LogP contribution in [0.3, 0.4) is 0 Å². The molecule has 1 aromatic rings. The number of phenols is 1. The van der Waals surface area contributed by atoms with E-state index in [0.717, 1.165) is 38.0 Å². The van der Waals surface area contributed by atoms with Crippen molar-refractivity contribution in [2.45, 2.75) is 31.8 Å². The largest absolute Gasteiger partial charge is 0.506 e. The highest BCUT2D eigenvalue weighted by Crippen LogP contribution is 2.42. The van der Waals surface area contributed by atoms with E-state index in [1.165, 1.54) is 0 Å². The average molecular weight is 339 g/mol. The summed E-state index contributed by atoms with van der Waals surface area (Å²) in [5.74, 6) is -0.570. The summed E-state index contributed by atoms with van der Waals surface area (Å²) in [5.41, 5.74) is 0.263. The summed E-state index contributed by atoms with van der Waals surface area (Å²) < 4.78 is 0. The minimum absolute atomic E-state index is 0.0265. The third kappa shape index (κ3) is 2.93. The molecule has 2 saturated heterocycles. The van der Waals surface area contributed by atoms with Crippen molar-refractivity contribution in [2.24, 2.45) is 5.41 Å². The Morgan fingerprint density at radius 3 is 2.91 bits per heavy atom. The standard InChI is InChI=1S/C17H23ClN2O3/c1-19-8-3-6-17(16(22)23)7-9-20(11-14(17)19)10-12-4-2-5-13(21)15(12)18/h2,4-5,14,21H,3,6-11H2,1H3,(H,22,23)/t14-,17+/m1/s1. The number of hydrogen-bond acceptors (Lipinski definition) is 4. The Labute approximate surface area is 141 Å². The number of likely N-dealkylation sites (N-methyl/N-ethyl adjacent to an activating group) is 1. The van der Waals surface area contributed by atoms with Crippen LogP contribution in [-0.4, -0.2) is 58.7 Å². The molecule has 5 nitrogen and oxygen atoms in total. The van der Waals surface area contributed by atoms with Crippen LogP contribution in [0, 0.1) is 5.41 Å². The minimum atomic E-state index is -0.663. The zero-order chi connectivity index (χ0) is 16.6. The zero-order valence-corrected chi connectivity index (χ0v) is 14.1. The van der Waals surface area contributed by atoms with Crippen LogP contribution in [0.5, 0.6) is 5.75 Å². The Kier molecular flexibility index (Phi) is 4.54. The summed E-state index contributed by atoms with van der Waals surface area (Å²) in [6.07, 6.45) is 2.36. The molecular weight excluding hydrogens is 316 g/mol. The fraction of sp³-hybridized carbons (Fsp3) is 0.588. The number of fused-ring (bicyclic) bond motifs is 1. The number of piperidine rings is 2. The number of hydrogen-bond donors (Lipinski definition) is 2. The van der Waals surface area contributed by atoms with Gasteiger partial charge in [-0.3, -0.25) is 9.69 Å². The number of carboxylic acids is 1. The third-order valence-electron chi connectivity index (χ3n) is 5.49. The normalized spacial score (nSPS) is 29.2. The molecule has 0 spiro atoms. The molecule has 2 aliphatic heterocycles. The van der Waals surface area contributed by atoms with Crippen LogP contribution in [0.25, 0.3) is 0 Å². The van der Waals surface area contributed by atoms with Gasteiger partial charge in [0.2, 0.25) is 0 Å². The van der Waals surface area contributed by atoms with Crippen molar-refractivity contribution < 1.29 is 15.0 Å². The number of nitrogens with zero attached hydrogens (tertiary/aromatic N) is 2. The molecule has 3 rings (SSSR count). The quantitative estimate of drug-likeness (QED) is 0.886. The van der Waals surface area contributed by atoms with Crippen molar-refractivity contribution in [1.29, 1.82) is 0 Å². The Balaban J connectivity index is 1.78. The molecule has 1 aromatic carbocycles. The van der Waals surface area contributed by atoms with E-state index < -0.39 is 11.4 Å². The van der Waals surface area contributed by atoms with Crippen molar-refractivity contribution >= 4 is 17.6 Å². The van der Waals surface area contributed by atoms with Gasteiger partial charge >= 0.3 is 5.97 Å². The molecule has 2 atom stereocenters. The summed E-state index contributed by atoms with van der Waals surface area (Å²) >= 11 is 6.18. The van der Waals surface area contributed by atoms with Gasteiger partial charge in [-0.25, -0.2) is 0 Å². The maximum atomic E-state index is 11.9. The van der Waals surface area contributed by atoms with Gasteiger partial charge in [-0.05, 0) is 51.0 Å². The third-order valence-corrected chi connectivity index (χ3v) is 5.92. The van der Waals surface area contributed by atoms with Crippen LogP contribution >= 0.6 is 11.6 Å². The second-order valence-electron chi connectivity index (χ2n) is 6.80. The van der Waals surface area contributed by atoms with Crippen LogP contribution in [0.2, 0.25) is 5.02 Å². The maximum Gasteiger partial charge on any atom is 0.311 e. The summed E-state index contributed by atoms with van der Waals surface area (Å²) in [4.78, 5) is 16.4. The molecule has 2 heterocycles. The fourth-order valence-electron chi connectivity index (χ4n) is 4.12. The van der Waals surface area contributed by atoms with Gasteiger partial charge in [0.15, 0.2) is 0 Å². The van der Waals surface area contributed by atoms with E-state index in [-0.39, 0.29) is 11.8 Å². The van der Waals surface area contributed by atoms with Gasteiger partial charge in [-0.2, -0.15) is 0 Å². The van der Waals surface area contributed by atoms with Gasteiger partial charge < -0.3 is 15.1 Å². The SMILES string of the molecule is CN1CCC[C@]2(C(=O)O)CCN(Cc3cccc(O)c3Cl)C[C@@H]12. The number of rotatable bonds is 3. The molecule has 23 heavy (non-hydrogen) atoms. The van der Waals surface area contributed by atoms with Crippen molar-refractivity contribution in [3.63, 3.8) is 0 Å². The first kappa shape index (κ1) is 16.6. The monoisotopic (exact) mass is 338 g/mol. The molecule has 0 saturated carbocycles. The molecule has 0 bridgehead atoms. The summed E-state index contributed by atoms with van der Waals surface area (Å²) in [7, 11) is 2.02. The van der Waals surface area contributed by atoms with Crippen LogP contribution in [0.1, 0.15) is 24.8 Å². The molecule has 0 radical (unpaired) electrons. The average Bonchev–Trinajstić information content (AvgIpc) is 2.52. The number of aromatic hydroxyl groups is 1. The zero-order valence-electron chi connectivity index (χ0n) is 13.3. The molecule has 2 fully saturated rings. The first-order chi connectivity index (χ1) is 10.9. The number of benzene rings is 1. The van der Waals surface area contributed by atoms with E-state index in [0.29, 0.717) is 18.0 Å². The van der Waals surface area contributed by atoms with Crippen molar-refractivity contribution in [2.75, 3.05) is 26.7 Å². The summed E-state index contributed by atoms with van der Waals surface area (Å²) in [6.45, 7) is 3.03. The van der Waals surface area contributed by atoms with Crippen LogP contribution in [-0.2, 0) is 11.3 Å². The predicted molar refractivity (Wildman–Crippen MR) is 88.7 cm³/mol. The molecule has 6 heteroatoms. The first-order valence-electron chi connectivity index (χ1n) is 8.06. The summed E-state index contributed by atoms with van der Waals surface area (Å²) in [6, 6.07) is 5.30. The lowest BCUT2D eigenvalue weighted by Gasteiger charge is -2.51. The first-order valence-corrected chi connectivity index (χ1v) is 8.44. The van der Waals surface area contributed by atoms with Gasteiger partial charge in [-0.1, -0.05) is 23.7 Å². The Hall–Kier alpha value is -1.30. The van der Waals surface area contributed by atoms with Gasteiger partial charge in [0, 0.05) is 19.1 Å². The Morgan fingerprint density at radius 1 is 1.39 bits per heavy atom. The van der Waals surface area contributed by atoms with E-state index in [1.807, 2.05) is 13.1 Å².